The van der Waals surface area contributed by atoms with Crippen molar-refractivity contribution < 1.29 is 23.9 Å². The molecule has 1 atom stereocenters. The Labute approximate surface area is 155 Å². The molecule has 144 valence electrons. The zero-order chi connectivity index (χ0) is 19.7. The van der Waals surface area contributed by atoms with Gasteiger partial charge >= 0.3 is 12.1 Å². The summed E-state index contributed by atoms with van der Waals surface area (Å²) < 4.78 is 10.4. The van der Waals surface area contributed by atoms with E-state index in [1.165, 1.54) is 4.90 Å². The number of esters is 1. The molecule has 0 aromatic heterocycles. The summed E-state index contributed by atoms with van der Waals surface area (Å²) in [4.78, 5) is 36.5. The highest BCUT2D eigenvalue weighted by Crippen LogP contribution is 2.24. The van der Waals surface area contributed by atoms with E-state index in [1.807, 2.05) is 26.8 Å². The Hall–Kier alpha value is -2.37. The minimum Gasteiger partial charge on any atom is -0.462 e. The van der Waals surface area contributed by atoms with E-state index in [4.69, 9.17) is 9.47 Å². The maximum atomic E-state index is 12.1. The second-order valence-electron chi connectivity index (χ2n) is 7.14. The number of ether oxygens (including phenoxy) is 2. The fourth-order valence-corrected chi connectivity index (χ4v) is 2.45. The van der Waals surface area contributed by atoms with E-state index in [-0.39, 0.29) is 11.9 Å². The van der Waals surface area contributed by atoms with Gasteiger partial charge in [0.15, 0.2) is 0 Å². The second-order valence-corrected chi connectivity index (χ2v) is 7.14. The molecule has 6 heteroatoms. The van der Waals surface area contributed by atoms with Crippen LogP contribution in [0.15, 0.2) is 24.3 Å². The van der Waals surface area contributed by atoms with Crippen molar-refractivity contribution in [2.75, 3.05) is 20.2 Å². The van der Waals surface area contributed by atoms with Gasteiger partial charge in [-0.25, -0.2) is 9.59 Å². The number of amides is 1. The summed E-state index contributed by atoms with van der Waals surface area (Å²) in [5.74, 6) is -0.475. The largest absolute Gasteiger partial charge is 0.462 e. The lowest BCUT2D eigenvalue weighted by Gasteiger charge is -2.26. The standard InChI is InChI=1S/C20H29NO5/c1-6-25-18(23)17-9-7-8-16(14-17)15(11-13-22)10-12-21(5)19(24)26-20(2,3)4/h7-9,13-15H,6,10-12H2,1-5H3. The predicted molar refractivity (Wildman–Crippen MR) is 99.3 cm³/mol. The molecule has 0 saturated heterocycles. The lowest BCUT2D eigenvalue weighted by atomic mass is 9.91. The Bertz CT molecular complexity index is 621. The summed E-state index contributed by atoms with van der Waals surface area (Å²) in [6, 6.07) is 7.09. The molecule has 0 fully saturated rings. The van der Waals surface area contributed by atoms with Crippen molar-refractivity contribution in [3.05, 3.63) is 35.4 Å². The highest BCUT2D eigenvalue weighted by Gasteiger charge is 2.21. The SMILES string of the molecule is CCOC(=O)c1cccc(C(CC=O)CCN(C)C(=O)OC(C)(C)C)c1. The fourth-order valence-electron chi connectivity index (χ4n) is 2.45. The van der Waals surface area contributed by atoms with E-state index in [0.717, 1.165) is 11.8 Å². The average molecular weight is 363 g/mol. The lowest BCUT2D eigenvalue weighted by molar-refractivity contribution is -0.108. The average Bonchev–Trinajstić information content (AvgIpc) is 2.57. The van der Waals surface area contributed by atoms with E-state index in [2.05, 4.69) is 0 Å². The third kappa shape index (κ3) is 7.25. The molecule has 0 aliphatic rings. The Morgan fingerprint density at radius 3 is 2.54 bits per heavy atom. The minimum absolute atomic E-state index is 0.0910. The molecular formula is C20H29NO5. The molecule has 0 saturated carbocycles. The first-order chi connectivity index (χ1) is 12.2. The first-order valence-electron chi connectivity index (χ1n) is 8.82. The van der Waals surface area contributed by atoms with Crippen molar-refractivity contribution in [2.24, 2.45) is 0 Å². The van der Waals surface area contributed by atoms with E-state index >= 15 is 0 Å². The fraction of sp³-hybridized carbons (Fsp3) is 0.550. The van der Waals surface area contributed by atoms with E-state index in [0.29, 0.717) is 31.6 Å². The molecule has 1 aromatic rings. The number of aldehydes is 1. The van der Waals surface area contributed by atoms with Crippen molar-refractivity contribution >= 4 is 18.3 Å². The van der Waals surface area contributed by atoms with Crippen molar-refractivity contribution in [1.29, 1.82) is 0 Å². The third-order valence-corrected chi connectivity index (χ3v) is 3.77. The van der Waals surface area contributed by atoms with Gasteiger partial charge in [0.2, 0.25) is 0 Å². The topological polar surface area (TPSA) is 72.9 Å². The second kappa shape index (κ2) is 9.94. The molecule has 0 bridgehead atoms. The quantitative estimate of drug-likeness (QED) is 0.519. The molecule has 0 aliphatic carbocycles. The zero-order valence-electron chi connectivity index (χ0n) is 16.3. The number of rotatable bonds is 8. The van der Waals surface area contributed by atoms with Crippen LogP contribution in [0.3, 0.4) is 0 Å². The van der Waals surface area contributed by atoms with Crippen LogP contribution < -0.4 is 0 Å². The maximum absolute atomic E-state index is 12.1. The van der Waals surface area contributed by atoms with Gasteiger partial charge in [0, 0.05) is 20.0 Å². The number of benzene rings is 1. The highest BCUT2D eigenvalue weighted by atomic mass is 16.6. The molecule has 0 heterocycles. The van der Waals surface area contributed by atoms with Crippen molar-refractivity contribution in [1.82, 2.24) is 4.90 Å². The normalized spacial score (nSPS) is 12.2. The van der Waals surface area contributed by atoms with Crippen LogP contribution in [0.4, 0.5) is 4.79 Å². The number of hydrogen-bond donors (Lipinski definition) is 0. The molecule has 26 heavy (non-hydrogen) atoms. The van der Waals surface area contributed by atoms with Gasteiger partial charge in [0.25, 0.3) is 0 Å². The van der Waals surface area contributed by atoms with Crippen molar-refractivity contribution in [3.63, 3.8) is 0 Å². The van der Waals surface area contributed by atoms with Crippen molar-refractivity contribution in [3.8, 4) is 0 Å². The van der Waals surface area contributed by atoms with Gasteiger partial charge in [-0.05, 0) is 57.7 Å². The molecule has 1 unspecified atom stereocenters. The summed E-state index contributed by atoms with van der Waals surface area (Å²) in [6.07, 6.45) is 1.35. The van der Waals surface area contributed by atoms with Crippen LogP contribution in [0.25, 0.3) is 0 Å². The number of carbonyl (C=O) groups is 3. The summed E-state index contributed by atoms with van der Waals surface area (Å²) in [6.45, 7) is 7.94. The van der Waals surface area contributed by atoms with Crippen LogP contribution >= 0.6 is 0 Å². The van der Waals surface area contributed by atoms with Gasteiger partial charge in [0.1, 0.15) is 11.9 Å². The van der Waals surface area contributed by atoms with E-state index in [1.54, 1.807) is 32.2 Å². The van der Waals surface area contributed by atoms with Gasteiger partial charge in [-0.15, -0.1) is 0 Å². The third-order valence-electron chi connectivity index (χ3n) is 3.77. The van der Waals surface area contributed by atoms with Gasteiger partial charge in [-0.3, -0.25) is 0 Å². The Morgan fingerprint density at radius 2 is 1.96 bits per heavy atom. The monoisotopic (exact) mass is 363 g/mol. The van der Waals surface area contributed by atoms with Gasteiger partial charge in [-0.1, -0.05) is 12.1 Å². The van der Waals surface area contributed by atoms with Gasteiger partial charge in [0.05, 0.1) is 12.2 Å². The molecule has 0 radical (unpaired) electrons. The molecule has 0 N–H and O–H groups in total. The first kappa shape index (κ1) is 21.7. The minimum atomic E-state index is -0.554. The van der Waals surface area contributed by atoms with E-state index < -0.39 is 11.7 Å². The molecule has 1 rings (SSSR count). The van der Waals surface area contributed by atoms with Crippen LogP contribution in [-0.4, -0.2) is 49.0 Å². The molecule has 0 spiro atoms. The Balaban J connectivity index is 2.80. The molecular weight excluding hydrogens is 334 g/mol. The van der Waals surface area contributed by atoms with Gasteiger partial charge in [-0.2, -0.15) is 0 Å². The van der Waals surface area contributed by atoms with Gasteiger partial charge < -0.3 is 19.2 Å². The molecule has 6 nitrogen and oxygen atoms in total. The van der Waals surface area contributed by atoms with Crippen LogP contribution in [0, 0.1) is 0 Å². The van der Waals surface area contributed by atoms with E-state index in [9.17, 15) is 14.4 Å². The Kier molecular flexibility index (Phi) is 8.29. The van der Waals surface area contributed by atoms with Crippen molar-refractivity contribution in [2.45, 2.75) is 52.1 Å². The highest BCUT2D eigenvalue weighted by molar-refractivity contribution is 5.89. The Morgan fingerprint density at radius 1 is 1.27 bits per heavy atom. The lowest BCUT2D eigenvalue weighted by Crippen LogP contribution is -2.35. The molecule has 1 amide bonds. The smallest absolute Gasteiger partial charge is 0.410 e. The number of carbonyl (C=O) groups excluding carboxylic acids is 3. The van der Waals surface area contributed by atoms with Crippen LogP contribution in [0.5, 0.6) is 0 Å². The molecule has 1 aromatic carbocycles. The molecule has 0 aliphatic heterocycles. The van der Waals surface area contributed by atoms with Crippen LogP contribution in [0.1, 0.15) is 62.4 Å². The number of nitrogens with zero attached hydrogens (tertiary/aromatic N) is 1. The van der Waals surface area contributed by atoms with Crippen LogP contribution in [-0.2, 0) is 14.3 Å². The zero-order valence-corrected chi connectivity index (χ0v) is 16.3. The summed E-state index contributed by atoms with van der Waals surface area (Å²) in [7, 11) is 1.67. The summed E-state index contributed by atoms with van der Waals surface area (Å²) in [5.41, 5.74) is 0.780. The summed E-state index contributed by atoms with van der Waals surface area (Å²) in [5, 5.41) is 0. The summed E-state index contributed by atoms with van der Waals surface area (Å²) >= 11 is 0. The maximum Gasteiger partial charge on any atom is 0.410 e. The number of hydrogen-bond acceptors (Lipinski definition) is 5. The first-order valence-corrected chi connectivity index (χ1v) is 8.82. The predicted octanol–water partition coefficient (Wildman–Crippen LogP) is 3.79. The van der Waals surface area contributed by atoms with Crippen LogP contribution in [0.2, 0.25) is 0 Å².